The first-order valence-electron chi connectivity index (χ1n) is 6.37. The minimum Gasteiger partial charge on any atom is -0.387 e. The highest BCUT2D eigenvalue weighted by molar-refractivity contribution is 5.79. The molecule has 5 heteroatoms. The topological polar surface area (TPSA) is 71.6 Å². The van der Waals surface area contributed by atoms with Crippen molar-refractivity contribution in [3.63, 3.8) is 0 Å². The Morgan fingerprint density at radius 1 is 1.41 bits per heavy atom. The van der Waals surface area contributed by atoms with Gasteiger partial charge in [0.1, 0.15) is 0 Å². The number of amidine groups is 1. The lowest BCUT2D eigenvalue weighted by Gasteiger charge is -2.31. The van der Waals surface area contributed by atoms with Crippen LogP contribution < -0.4 is 5.73 Å². The zero-order valence-electron chi connectivity index (χ0n) is 10.8. The highest BCUT2D eigenvalue weighted by Gasteiger charge is 2.21. The summed E-state index contributed by atoms with van der Waals surface area (Å²) in [5.41, 5.74) is 5.55. The minimum atomic E-state index is 0.247. The molecular formula is C12H25N3O2. The van der Waals surface area contributed by atoms with Crippen LogP contribution in [0.15, 0.2) is 0 Å². The average molecular weight is 243 g/mol. The normalized spacial score (nSPS) is 21.6. The number of methoxy groups -OCH3 is 1. The molecule has 0 saturated carbocycles. The molecule has 1 aliphatic rings. The molecule has 0 radical (unpaired) electrons. The fourth-order valence-electron chi connectivity index (χ4n) is 2.11. The van der Waals surface area contributed by atoms with Gasteiger partial charge < -0.3 is 20.1 Å². The van der Waals surface area contributed by atoms with Gasteiger partial charge in [-0.05, 0) is 25.8 Å². The Labute approximate surface area is 104 Å². The summed E-state index contributed by atoms with van der Waals surface area (Å²) in [6, 6.07) is 0. The SMILES string of the molecule is COCCCOCCN1CCCC(C(=N)N)C1. The molecule has 17 heavy (non-hydrogen) atoms. The molecule has 1 rings (SSSR count). The summed E-state index contributed by atoms with van der Waals surface area (Å²) in [6.45, 7) is 5.24. The van der Waals surface area contributed by atoms with E-state index in [1.54, 1.807) is 7.11 Å². The van der Waals surface area contributed by atoms with Gasteiger partial charge in [0.2, 0.25) is 0 Å². The van der Waals surface area contributed by atoms with Gasteiger partial charge in [-0.2, -0.15) is 0 Å². The number of nitrogens with two attached hydrogens (primary N) is 1. The minimum absolute atomic E-state index is 0.247. The summed E-state index contributed by atoms with van der Waals surface area (Å²) in [7, 11) is 1.70. The molecule has 0 aromatic heterocycles. The largest absolute Gasteiger partial charge is 0.387 e. The first kappa shape index (κ1) is 14.4. The van der Waals surface area contributed by atoms with Crippen LogP contribution in [0.25, 0.3) is 0 Å². The molecule has 1 aliphatic heterocycles. The Morgan fingerprint density at radius 2 is 2.24 bits per heavy atom. The zero-order chi connectivity index (χ0) is 12.5. The lowest BCUT2D eigenvalue weighted by molar-refractivity contribution is 0.0758. The van der Waals surface area contributed by atoms with Gasteiger partial charge in [-0.1, -0.05) is 0 Å². The van der Waals surface area contributed by atoms with Crippen LogP contribution in [0.5, 0.6) is 0 Å². The van der Waals surface area contributed by atoms with E-state index in [-0.39, 0.29) is 5.92 Å². The van der Waals surface area contributed by atoms with Crippen molar-refractivity contribution in [2.24, 2.45) is 11.7 Å². The van der Waals surface area contributed by atoms with Crippen LogP contribution in [0.2, 0.25) is 0 Å². The van der Waals surface area contributed by atoms with Crippen LogP contribution in [0.1, 0.15) is 19.3 Å². The molecule has 0 amide bonds. The summed E-state index contributed by atoms with van der Waals surface area (Å²) in [4.78, 5) is 2.34. The number of piperidine rings is 1. The van der Waals surface area contributed by atoms with Crippen molar-refractivity contribution in [2.45, 2.75) is 19.3 Å². The second-order valence-electron chi connectivity index (χ2n) is 4.55. The molecule has 0 aromatic carbocycles. The van der Waals surface area contributed by atoms with E-state index < -0.39 is 0 Å². The average Bonchev–Trinajstić information content (AvgIpc) is 2.34. The molecule has 1 unspecified atom stereocenters. The van der Waals surface area contributed by atoms with Crippen molar-refractivity contribution in [1.29, 1.82) is 5.41 Å². The maximum absolute atomic E-state index is 7.47. The van der Waals surface area contributed by atoms with Crippen LogP contribution in [0.4, 0.5) is 0 Å². The number of rotatable bonds is 8. The molecule has 1 fully saturated rings. The van der Waals surface area contributed by atoms with E-state index in [2.05, 4.69) is 4.90 Å². The predicted octanol–water partition coefficient (Wildman–Crippen LogP) is 0.687. The maximum Gasteiger partial charge on any atom is 0.0949 e. The van der Waals surface area contributed by atoms with Crippen LogP contribution >= 0.6 is 0 Å². The molecule has 100 valence electrons. The van der Waals surface area contributed by atoms with Gasteiger partial charge in [-0.15, -0.1) is 0 Å². The quantitative estimate of drug-likeness (QED) is 0.374. The van der Waals surface area contributed by atoms with E-state index in [0.29, 0.717) is 5.84 Å². The molecule has 5 nitrogen and oxygen atoms in total. The third kappa shape index (κ3) is 6.00. The van der Waals surface area contributed by atoms with Crippen LogP contribution in [0.3, 0.4) is 0 Å². The summed E-state index contributed by atoms with van der Waals surface area (Å²) >= 11 is 0. The van der Waals surface area contributed by atoms with E-state index in [4.69, 9.17) is 20.6 Å². The van der Waals surface area contributed by atoms with Gasteiger partial charge in [-0.3, -0.25) is 5.41 Å². The second-order valence-corrected chi connectivity index (χ2v) is 4.55. The lowest BCUT2D eigenvalue weighted by Crippen LogP contribution is -2.42. The van der Waals surface area contributed by atoms with Crippen molar-refractivity contribution in [3.8, 4) is 0 Å². The molecule has 1 heterocycles. The van der Waals surface area contributed by atoms with Crippen molar-refractivity contribution in [2.75, 3.05) is 46.6 Å². The van der Waals surface area contributed by atoms with Gasteiger partial charge in [0.15, 0.2) is 0 Å². The summed E-state index contributed by atoms with van der Waals surface area (Å²) < 4.78 is 10.5. The van der Waals surface area contributed by atoms with Crippen LogP contribution in [-0.4, -0.2) is 57.3 Å². The van der Waals surface area contributed by atoms with Gasteiger partial charge in [0.25, 0.3) is 0 Å². The van der Waals surface area contributed by atoms with E-state index in [9.17, 15) is 0 Å². The molecule has 1 saturated heterocycles. The first-order valence-corrected chi connectivity index (χ1v) is 6.37. The molecule has 1 atom stereocenters. The number of ether oxygens (including phenoxy) is 2. The van der Waals surface area contributed by atoms with E-state index in [1.807, 2.05) is 0 Å². The number of nitrogens with one attached hydrogen (secondary N) is 1. The fraction of sp³-hybridized carbons (Fsp3) is 0.917. The second kappa shape index (κ2) is 8.44. The van der Waals surface area contributed by atoms with Gasteiger partial charge in [-0.25, -0.2) is 0 Å². The lowest BCUT2D eigenvalue weighted by atomic mass is 9.97. The Hall–Kier alpha value is -0.650. The van der Waals surface area contributed by atoms with Crippen molar-refractivity contribution >= 4 is 5.84 Å². The van der Waals surface area contributed by atoms with E-state index in [1.165, 1.54) is 0 Å². The van der Waals surface area contributed by atoms with E-state index in [0.717, 1.165) is 58.7 Å². The van der Waals surface area contributed by atoms with Gasteiger partial charge >= 0.3 is 0 Å². The molecular weight excluding hydrogens is 218 g/mol. The summed E-state index contributed by atoms with van der Waals surface area (Å²) in [5.74, 6) is 0.577. The van der Waals surface area contributed by atoms with Gasteiger partial charge in [0.05, 0.1) is 12.4 Å². The number of hydrogen-bond donors (Lipinski definition) is 2. The number of nitrogens with zero attached hydrogens (tertiary/aromatic N) is 1. The third-order valence-electron chi connectivity index (χ3n) is 3.13. The Kier molecular flexibility index (Phi) is 7.16. The van der Waals surface area contributed by atoms with E-state index >= 15 is 0 Å². The van der Waals surface area contributed by atoms with Crippen LogP contribution in [-0.2, 0) is 9.47 Å². The predicted molar refractivity (Wildman–Crippen MR) is 68.4 cm³/mol. The monoisotopic (exact) mass is 243 g/mol. The Balaban J connectivity index is 2.04. The highest BCUT2D eigenvalue weighted by Crippen LogP contribution is 2.15. The number of likely N-dealkylation sites (tertiary alicyclic amines) is 1. The highest BCUT2D eigenvalue weighted by atomic mass is 16.5. The zero-order valence-corrected chi connectivity index (χ0v) is 10.8. The Morgan fingerprint density at radius 3 is 2.94 bits per heavy atom. The smallest absolute Gasteiger partial charge is 0.0949 e. The molecule has 0 spiro atoms. The Bertz CT molecular complexity index is 224. The van der Waals surface area contributed by atoms with Gasteiger partial charge in [0, 0.05) is 39.3 Å². The van der Waals surface area contributed by atoms with Crippen molar-refractivity contribution in [1.82, 2.24) is 4.90 Å². The van der Waals surface area contributed by atoms with Crippen molar-refractivity contribution < 1.29 is 9.47 Å². The molecule has 0 aliphatic carbocycles. The van der Waals surface area contributed by atoms with Crippen LogP contribution in [0, 0.1) is 11.3 Å². The molecule has 3 N–H and O–H groups in total. The summed E-state index contributed by atoms with van der Waals surface area (Å²) in [5, 5.41) is 7.47. The standard InChI is InChI=1S/C12H25N3O2/c1-16-7-3-8-17-9-6-15-5-2-4-11(10-15)12(13)14/h11H,2-10H2,1H3,(H3,13,14). The molecule has 0 aromatic rings. The maximum atomic E-state index is 7.47. The third-order valence-corrected chi connectivity index (χ3v) is 3.13. The van der Waals surface area contributed by atoms with Crippen molar-refractivity contribution in [3.05, 3.63) is 0 Å². The summed E-state index contributed by atoms with van der Waals surface area (Å²) in [6.07, 6.45) is 3.14. The molecule has 0 bridgehead atoms. The fourth-order valence-corrected chi connectivity index (χ4v) is 2.11. The number of hydrogen-bond acceptors (Lipinski definition) is 4. The first-order chi connectivity index (χ1) is 8.24.